The maximum atomic E-state index is 12.8. The van der Waals surface area contributed by atoms with Crippen LogP contribution >= 0.6 is 0 Å². The largest absolute Gasteiger partial charge is 0.450 e. The van der Waals surface area contributed by atoms with E-state index in [1.807, 2.05) is 56.3 Å². The number of amides is 1. The number of carbonyl (C=O) groups excluding carboxylic acids is 2. The van der Waals surface area contributed by atoms with Gasteiger partial charge in [-0.05, 0) is 38.0 Å². The number of anilines is 1. The van der Waals surface area contributed by atoms with Crippen LogP contribution < -0.4 is 4.90 Å². The van der Waals surface area contributed by atoms with Crippen molar-refractivity contribution in [3.05, 3.63) is 65.4 Å². The van der Waals surface area contributed by atoms with Gasteiger partial charge < -0.3 is 18.8 Å². The zero-order valence-electron chi connectivity index (χ0n) is 16.5. The molecule has 0 aliphatic carbocycles. The predicted molar refractivity (Wildman–Crippen MR) is 109 cm³/mol. The topological polar surface area (TPSA) is 69.0 Å². The molecule has 29 heavy (non-hydrogen) atoms. The zero-order chi connectivity index (χ0) is 20.4. The van der Waals surface area contributed by atoms with Gasteiger partial charge in [0.25, 0.3) is 5.91 Å². The fraction of sp³-hybridized carbons (Fsp3) is 0.304. The first kappa shape index (κ1) is 19.2. The Morgan fingerprint density at radius 2 is 1.90 bits per heavy atom. The molecule has 0 bridgehead atoms. The molecule has 4 rings (SSSR count). The smallest absolute Gasteiger partial charge is 0.375 e. The van der Waals surface area contributed by atoms with Crippen LogP contribution in [0.15, 0.2) is 52.9 Å². The second-order valence-corrected chi connectivity index (χ2v) is 7.06. The average molecular weight is 393 g/mol. The molecule has 150 valence electrons. The van der Waals surface area contributed by atoms with Gasteiger partial charge in [-0.3, -0.25) is 4.79 Å². The van der Waals surface area contributed by atoms with Crippen molar-refractivity contribution >= 4 is 28.5 Å². The quantitative estimate of drug-likeness (QED) is 0.590. The molecule has 6 heteroatoms. The molecular formula is C23H23NO5. The van der Waals surface area contributed by atoms with Crippen LogP contribution in [0, 0.1) is 0 Å². The summed E-state index contributed by atoms with van der Waals surface area (Å²) >= 11 is 0. The van der Waals surface area contributed by atoms with Crippen LogP contribution in [0.5, 0.6) is 0 Å². The molecule has 3 aromatic rings. The van der Waals surface area contributed by atoms with E-state index in [4.69, 9.17) is 13.9 Å². The normalized spacial score (nSPS) is 15.5. The van der Waals surface area contributed by atoms with Gasteiger partial charge in [0, 0.05) is 29.3 Å². The molecule has 1 atom stereocenters. The third kappa shape index (κ3) is 3.63. The highest BCUT2D eigenvalue weighted by Gasteiger charge is 2.31. The third-order valence-corrected chi connectivity index (χ3v) is 5.14. The second-order valence-electron chi connectivity index (χ2n) is 7.06. The maximum Gasteiger partial charge on any atom is 0.375 e. The molecule has 0 N–H and O–H groups in total. The molecular weight excluding hydrogens is 370 g/mol. The summed E-state index contributed by atoms with van der Waals surface area (Å²) in [4.78, 5) is 27.2. The first-order valence-electron chi connectivity index (χ1n) is 9.75. The van der Waals surface area contributed by atoms with E-state index in [-0.39, 0.29) is 30.9 Å². The molecule has 0 radical (unpaired) electrons. The average Bonchev–Trinajstić information content (AvgIpc) is 3.27. The van der Waals surface area contributed by atoms with Crippen molar-refractivity contribution in [1.82, 2.24) is 0 Å². The highest BCUT2D eigenvalue weighted by molar-refractivity contribution is 6.00. The fourth-order valence-corrected chi connectivity index (χ4v) is 3.82. The van der Waals surface area contributed by atoms with Gasteiger partial charge >= 0.3 is 5.97 Å². The van der Waals surface area contributed by atoms with E-state index in [2.05, 4.69) is 0 Å². The third-order valence-electron chi connectivity index (χ3n) is 5.14. The number of nitrogens with zero attached hydrogens (tertiary/aromatic N) is 1. The molecule has 0 spiro atoms. The summed E-state index contributed by atoms with van der Waals surface area (Å²) in [6, 6.07) is 15.2. The Kier molecular flexibility index (Phi) is 5.36. The lowest BCUT2D eigenvalue weighted by Crippen LogP contribution is -2.38. The first-order valence-corrected chi connectivity index (χ1v) is 9.75. The molecule has 2 heterocycles. The van der Waals surface area contributed by atoms with Gasteiger partial charge in [0.2, 0.25) is 5.76 Å². The van der Waals surface area contributed by atoms with E-state index >= 15 is 0 Å². The zero-order valence-corrected chi connectivity index (χ0v) is 16.5. The predicted octanol–water partition coefficient (Wildman–Crippen LogP) is 4.10. The summed E-state index contributed by atoms with van der Waals surface area (Å²) in [5.41, 5.74) is 3.22. The number of rotatable bonds is 6. The maximum absolute atomic E-state index is 12.8. The monoisotopic (exact) mass is 393 g/mol. The van der Waals surface area contributed by atoms with Gasteiger partial charge in [-0.25, -0.2) is 4.79 Å². The van der Waals surface area contributed by atoms with E-state index < -0.39 is 5.97 Å². The van der Waals surface area contributed by atoms with E-state index in [1.54, 1.807) is 11.0 Å². The number of para-hydroxylation sites is 2. The van der Waals surface area contributed by atoms with Crippen molar-refractivity contribution in [3.8, 4) is 0 Å². The Morgan fingerprint density at radius 1 is 1.14 bits per heavy atom. The highest BCUT2D eigenvalue weighted by atomic mass is 16.5. The lowest BCUT2D eigenvalue weighted by molar-refractivity contribution is -0.122. The SMILES string of the molecule is CCOCc1c(C(=O)OCC(=O)N2c3ccccc3C[C@H]2C)oc2ccccc12. The molecule has 2 aromatic carbocycles. The van der Waals surface area contributed by atoms with Crippen molar-refractivity contribution in [2.45, 2.75) is 32.9 Å². The van der Waals surface area contributed by atoms with Gasteiger partial charge in [0.1, 0.15) is 5.58 Å². The number of benzene rings is 2. The minimum atomic E-state index is -0.663. The van der Waals surface area contributed by atoms with Crippen molar-refractivity contribution in [2.75, 3.05) is 18.1 Å². The Morgan fingerprint density at radius 3 is 2.72 bits per heavy atom. The number of furan rings is 1. The molecule has 0 fully saturated rings. The van der Waals surface area contributed by atoms with Crippen LogP contribution in [0.1, 0.15) is 35.5 Å². The van der Waals surface area contributed by atoms with Crippen LogP contribution in [0.25, 0.3) is 11.0 Å². The number of carbonyl (C=O) groups is 2. The molecule has 6 nitrogen and oxygen atoms in total. The minimum absolute atomic E-state index is 0.0262. The van der Waals surface area contributed by atoms with Crippen LogP contribution in [0.2, 0.25) is 0 Å². The Hall–Kier alpha value is -3.12. The standard InChI is InChI=1S/C23H23NO5/c1-3-27-13-18-17-9-5-7-11-20(17)29-22(18)23(26)28-14-21(25)24-15(2)12-16-8-4-6-10-19(16)24/h4-11,15H,3,12-14H2,1-2H3/t15-/m1/s1. The van der Waals surface area contributed by atoms with Crippen LogP contribution in [-0.2, 0) is 27.3 Å². The molecule has 1 aliphatic heterocycles. The second kappa shape index (κ2) is 8.09. The van der Waals surface area contributed by atoms with Crippen molar-refractivity contribution in [2.24, 2.45) is 0 Å². The Balaban J connectivity index is 1.51. The van der Waals surface area contributed by atoms with Gasteiger partial charge in [-0.15, -0.1) is 0 Å². The highest BCUT2D eigenvalue weighted by Crippen LogP contribution is 2.32. The van der Waals surface area contributed by atoms with E-state index in [9.17, 15) is 9.59 Å². The summed E-state index contributed by atoms with van der Waals surface area (Å²) in [5, 5.41) is 0.807. The number of hydrogen-bond acceptors (Lipinski definition) is 5. The summed E-state index contributed by atoms with van der Waals surface area (Å²) in [7, 11) is 0. The molecule has 1 amide bonds. The molecule has 0 saturated carbocycles. The first-order chi connectivity index (χ1) is 14.1. The van der Waals surface area contributed by atoms with Gasteiger partial charge in [0.15, 0.2) is 6.61 Å². The van der Waals surface area contributed by atoms with Crippen LogP contribution in [0.4, 0.5) is 5.69 Å². The molecule has 1 aromatic heterocycles. The molecule has 1 aliphatic rings. The fourth-order valence-electron chi connectivity index (χ4n) is 3.82. The van der Waals surface area contributed by atoms with Crippen LogP contribution in [0.3, 0.4) is 0 Å². The summed E-state index contributed by atoms with van der Waals surface area (Å²) in [6.07, 6.45) is 0.790. The lowest BCUT2D eigenvalue weighted by Gasteiger charge is -2.22. The van der Waals surface area contributed by atoms with Gasteiger partial charge in [-0.1, -0.05) is 36.4 Å². The van der Waals surface area contributed by atoms with Gasteiger partial charge in [-0.2, -0.15) is 0 Å². The van der Waals surface area contributed by atoms with E-state index in [0.29, 0.717) is 17.8 Å². The molecule has 0 unspecified atom stereocenters. The van der Waals surface area contributed by atoms with E-state index in [1.165, 1.54) is 0 Å². The minimum Gasteiger partial charge on any atom is -0.450 e. The summed E-state index contributed by atoms with van der Waals surface area (Å²) in [6.45, 7) is 4.27. The molecule has 0 saturated heterocycles. The number of esters is 1. The van der Waals surface area contributed by atoms with Crippen molar-refractivity contribution in [1.29, 1.82) is 0 Å². The number of fused-ring (bicyclic) bond motifs is 2. The Bertz CT molecular complexity index is 1050. The number of hydrogen-bond donors (Lipinski definition) is 0. The summed E-state index contributed by atoms with van der Waals surface area (Å²) < 4.78 is 16.5. The van der Waals surface area contributed by atoms with E-state index in [0.717, 1.165) is 23.1 Å². The van der Waals surface area contributed by atoms with Crippen molar-refractivity contribution in [3.63, 3.8) is 0 Å². The van der Waals surface area contributed by atoms with Crippen LogP contribution in [-0.4, -0.2) is 31.1 Å². The van der Waals surface area contributed by atoms with Crippen molar-refractivity contribution < 1.29 is 23.5 Å². The van der Waals surface area contributed by atoms with Gasteiger partial charge in [0.05, 0.1) is 6.61 Å². The number of ether oxygens (including phenoxy) is 2. The summed E-state index contributed by atoms with van der Waals surface area (Å²) in [5.74, 6) is -0.829. The lowest BCUT2D eigenvalue weighted by atomic mass is 10.1. The Labute approximate surface area is 169 Å².